The van der Waals surface area contributed by atoms with E-state index in [1.807, 2.05) is 36.4 Å². The number of benzene rings is 2. The summed E-state index contributed by atoms with van der Waals surface area (Å²) < 4.78 is 36.6. The molecule has 1 saturated carbocycles. The van der Waals surface area contributed by atoms with Gasteiger partial charge in [0.25, 0.3) is 10.0 Å². The number of hydrogen-bond donors (Lipinski definition) is 1. The second kappa shape index (κ2) is 12.4. The largest absolute Gasteiger partial charge is 0.477 e. The molecule has 3 heterocycles. The van der Waals surface area contributed by atoms with Crippen LogP contribution in [0.25, 0.3) is 11.3 Å². The van der Waals surface area contributed by atoms with Crippen LogP contribution in [-0.4, -0.2) is 50.0 Å². The minimum atomic E-state index is -3.91. The van der Waals surface area contributed by atoms with Gasteiger partial charge in [0.15, 0.2) is 0 Å². The maximum atomic E-state index is 13.7. The topological polar surface area (TPSA) is 84.4 Å². The Hall–Kier alpha value is -2.97. The highest BCUT2D eigenvalue weighted by molar-refractivity contribution is 7.92. The van der Waals surface area contributed by atoms with Crippen LogP contribution in [0.15, 0.2) is 59.5 Å². The fourth-order valence-corrected chi connectivity index (χ4v) is 8.96. The highest BCUT2D eigenvalue weighted by atomic mass is 32.2. The quantitative estimate of drug-likeness (QED) is 0.322. The van der Waals surface area contributed by atoms with Crippen LogP contribution in [0.5, 0.6) is 5.88 Å². The highest BCUT2D eigenvalue weighted by Gasteiger charge is 2.49. The van der Waals surface area contributed by atoms with Crippen molar-refractivity contribution >= 4 is 16.0 Å². The SMILES string of the molecule is CC(C)C[C@@H]1COc2cc(-c3ccccc3C(C)C)nc(n2)NS(=O)(=O)c2cccc(c2)CC1C1CC2(CCN(C)CC2)C1. The van der Waals surface area contributed by atoms with Gasteiger partial charge in [-0.2, -0.15) is 4.98 Å². The normalized spacial score (nSPS) is 23.6. The molecule has 2 aromatic carbocycles. The van der Waals surface area contributed by atoms with Crippen LogP contribution >= 0.6 is 0 Å². The zero-order valence-electron chi connectivity index (χ0n) is 26.9. The zero-order chi connectivity index (χ0) is 31.1. The van der Waals surface area contributed by atoms with Crippen LogP contribution in [0.4, 0.5) is 5.95 Å². The van der Waals surface area contributed by atoms with Crippen molar-refractivity contribution in [3.05, 3.63) is 65.7 Å². The van der Waals surface area contributed by atoms with E-state index >= 15 is 0 Å². The second-order valence-corrected chi connectivity index (χ2v) is 16.1. The van der Waals surface area contributed by atoms with Gasteiger partial charge in [0.2, 0.25) is 11.8 Å². The standard InChI is InChI=1S/C36H48N4O3S/c1-24(2)17-27-23-43-34-20-33(31-12-7-6-11-30(31)25(3)4)37-35(38-34)39-44(41,42)29-10-8-9-26(18-29)19-32(27)28-21-36(22-28)13-15-40(5)16-14-36/h6-12,18,20,24-25,27-28,32H,13-17,19,21-23H2,1-5H3,(H,37,38,39)/t27-,32?/m1/s1. The van der Waals surface area contributed by atoms with Crippen LogP contribution in [0.2, 0.25) is 0 Å². The number of hydrogen-bond acceptors (Lipinski definition) is 6. The molecule has 1 saturated heterocycles. The fraction of sp³-hybridized carbons (Fsp3) is 0.556. The molecule has 3 aromatic rings. The molecule has 1 aromatic heterocycles. The van der Waals surface area contributed by atoms with Crippen molar-refractivity contribution in [1.82, 2.24) is 14.9 Å². The number of nitrogens with zero attached hydrogens (tertiary/aromatic N) is 3. The predicted molar refractivity (Wildman–Crippen MR) is 176 cm³/mol. The first-order valence-electron chi connectivity index (χ1n) is 16.4. The van der Waals surface area contributed by atoms with Crippen molar-refractivity contribution in [2.45, 2.75) is 77.0 Å². The number of anilines is 1. The lowest BCUT2D eigenvalue weighted by molar-refractivity contribution is -0.0515. The first-order valence-corrected chi connectivity index (χ1v) is 17.9. The second-order valence-electron chi connectivity index (χ2n) is 14.5. The molecule has 0 amide bonds. The average Bonchev–Trinajstić information content (AvgIpc) is 2.97. The molecule has 3 aliphatic rings. The Bertz CT molecular complexity index is 1570. The molecule has 44 heavy (non-hydrogen) atoms. The number of nitrogens with one attached hydrogen (secondary N) is 1. The Morgan fingerprint density at radius 3 is 2.48 bits per heavy atom. The highest BCUT2D eigenvalue weighted by Crippen LogP contribution is 2.57. The molecule has 1 unspecified atom stereocenters. The molecule has 8 heteroatoms. The molecule has 1 spiro atoms. The summed E-state index contributed by atoms with van der Waals surface area (Å²) in [4.78, 5) is 12.0. The Balaban J connectivity index is 1.40. The lowest BCUT2D eigenvalue weighted by Crippen LogP contribution is -2.49. The van der Waals surface area contributed by atoms with Gasteiger partial charge >= 0.3 is 0 Å². The van der Waals surface area contributed by atoms with E-state index in [2.05, 4.69) is 61.5 Å². The number of aromatic nitrogens is 2. The predicted octanol–water partition coefficient (Wildman–Crippen LogP) is 7.40. The Kier molecular flexibility index (Phi) is 8.77. The summed E-state index contributed by atoms with van der Waals surface area (Å²) in [5, 5.41) is 0. The molecule has 1 N–H and O–H groups in total. The maximum absolute atomic E-state index is 13.7. The van der Waals surface area contributed by atoms with E-state index in [0.29, 0.717) is 47.3 Å². The van der Waals surface area contributed by atoms with Gasteiger partial charge in [-0.3, -0.25) is 0 Å². The summed E-state index contributed by atoms with van der Waals surface area (Å²) in [7, 11) is -1.68. The minimum absolute atomic E-state index is 0.0286. The third kappa shape index (κ3) is 6.66. The summed E-state index contributed by atoms with van der Waals surface area (Å²) in [5.74, 6) is 2.55. The minimum Gasteiger partial charge on any atom is -0.477 e. The third-order valence-corrected chi connectivity index (χ3v) is 11.7. The van der Waals surface area contributed by atoms with E-state index in [1.54, 1.807) is 6.07 Å². The van der Waals surface area contributed by atoms with E-state index in [0.717, 1.165) is 29.5 Å². The van der Waals surface area contributed by atoms with Crippen molar-refractivity contribution in [1.29, 1.82) is 0 Å². The monoisotopic (exact) mass is 616 g/mol. The molecule has 236 valence electrons. The van der Waals surface area contributed by atoms with Gasteiger partial charge in [0.05, 0.1) is 17.2 Å². The number of sulfonamides is 1. The fourth-order valence-electron chi connectivity index (χ4n) is 7.95. The van der Waals surface area contributed by atoms with E-state index in [4.69, 9.17) is 9.72 Å². The Labute approximate surface area is 263 Å². The average molecular weight is 617 g/mol. The van der Waals surface area contributed by atoms with Crippen LogP contribution < -0.4 is 9.46 Å². The van der Waals surface area contributed by atoms with E-state index in [1.165, 1.54) is 38.8 Å². The van der Waals surface area contributed by atoms with Gasteiger partial charge < -0.3 is 9.64 Å². The van der Waals surface area contributed by atoms with Crippen LogP contribution in [0, 0.1) is 29.1 Å². The van der Waals surface area contributed by atoms with E-state index < -0.39 is 10.0 Å². The third-order valence-electron chi connectivity index (χ3n) is 10.3. The van der Waals surface area contributed by atoms with Gasteiger partial charge in [-0.15, -0.1) is 0 Å². The van der Waals surface area contributed by atoms with Crippen molar-refractivity contribution < 1.29 is 13.2 Å². The molecular weight excluding hydrogens is 568 g/mol. The smallest absolute Gasteiger partial charge is 0.264 e. The number of fused-ring (bicyclic) bond motifs is 4. The van der Waals surface area contributed by atoms with Gasteiger partial charge in [0, 0.05) is 11.6 Å². The summed E-state index contributed by atoms with van der Waals surface area (Å²) >= 11 is 0. The molecule has 4 bridgehead atoms. The van der Waals surface area contributed by atoms with Crippen LogP contribution in [-0.2, 0) is 16.4 Å². The first-order chi connectivity index (χ1) is 21.0. The van der Waals surface area contributed by atoms with Crippen molar-refractivity contribution in [3.8, 4) is 17.1 Å². The van der Waals surface area contributed by atoms with Crippen molar-refractivity contribution in [2.75, 3.05) is 31.5 Å². The van der Waals surface area contributed by atoms with Crippen LogP contribution in [0.3, 0.4) is 0 Å². The van der Waals surface area contributed by atoms with Gasteiger partial charge in [-0.05, 0) is 117 Å². The van der Waals surface area contributed by atoms with Gasteiger partial charge in [0.1, 0.15) is 0 Å². The zero-order valence-corrected chi connectivity index (χ0v) is 27.7. The van der Waals surface area contributed by atoms with Gasteiger partial charge in [-0.25, -0.2) is 18.1 Å². The molecule has 6 rings (SSSR count). The summed E-state index contributed by atoms with van der Waals surface area (Å²) in [5.41, 5.74) is 4.28. The van der Waals surface area contributed by atoms with Crippen molar-refractivity contribution in [3.63, 3.8) is 0 Å². The molecule has 7 nitrogen and oxygen atoms in total. The molecule has 2 fully saturated rings. The molecule has 2 aliphatic heterocycles. The summed E-state index contributed by atoms with van der Waals surface area (Å²) in [6.45, 7) is 11.8. The molecule has 1 aliphatic carbocycles. The van der Waals surface area contributed by atoms with E-state index in [-0.39, 0.29) is 16.8 Å². The summed E-state index contributed by atoms with van der Waals surface area (Å²) in [6.07, 6.45) is 6.97. The number of rotatable bonds is 5. The number of likely N-dealkylation sites (tertiary alicyclic amines) is 1. The number of piperidine rings is 1. The molecule has 2 atom stereocenters. The Morgan fingerprint density at radius 1 is 1.00 bits per heavy atom. The molecular formula is C36H48N4O3S. The van der Waals surface area contributed by atoms with Crippen LogP contribution in [0.1, 0.15) is 76.8 Å². The lowest BCUT2D eigenvalue weighted by atomic mass is 9.52. The number of ether oxygens (including phenoxy) is 1. The first kappa shape index (κ1) is 31.0. The molecule has 0 radical (unpaired) electrons. The van der Waals surface area contributed by atoms with Crippen molar-refractivity contribution in [2.24, 2.45) is 29.1 Å². The van der Waals surface area contributed by atoms with Gasteiger partial charge in [-0.1, -0.05) is 64.1 Å². The Morgan fingerprint density at radius 2 is 1.75 bits per heavy atom. The summed E-state index contributed by atoms with van der Waals surface area (Å²) in [6, 6.07) is 17.5. The lowest BCUT2D eigenvalue weighted by Gasteiger charge is -2.55. The van der Waals surface area contributed by atoms with E-state index in [9.17, 15) is 8.42 Å². The maximum Gasteiger partial charge on any atom is 0.264 e.